The zero-order valence-corrected chi connectivity index (χ0v) is 17.0. The number of hydrazine groups is 1. The maximum Gasteiger partial charge on any atom is 0.345 e. The van der Waals surface area contributed by atoms with Gasteiger partial charge < -0.3 is 0 Å². The van der Waals surface area contributed by atoms with Gasteiger partial charge in [0.1, 0.15) is 0 Å². The molecule has 0 aromatic heterocycles. The summed E-state index contributed by atoms with van der Waals surface area (Å²) in [4.78, 5) is 28.9. The molecule has 7 heteroatoms. The van der Waals surface area contributed by atoms with Crippen LogP contribution in [0.5, 0.6) is 0 Å². The first kappa shape index (κ1) is 17.9. The van der Waals surface area contributed by atoms with Gasteiger partial charge >= 0.3 is 6.03 Å². The highest BCUT2D eigenvalue weighted by Gasteiger charge is 2.28. The Labute approximate surface area is 174 Å². The molecule has 3 amide bonds. The van der Waals surface area contributed by atoms with Crippen molar-refractivity contribution in [1.82, 2.24) is 10.9 Å². The fourth-order valence-electron chi connectivity index (χ4n) is 2.80. The van der Waals surface area contributed by atoms with Gasteiger partial charge in [-0.2, -0.15) is 0 Å². The van der Waals surface area contributed by atoms with E-state index in [1.807, 2.05) is 60.7 Å². The molecule has 5 nitrogen and oxygen atoms in total. The number of carbonyl (C=O) groups is 2. The number of nitrogens with zero attached hydrogens (tertiary/aromatic N) is 1. The van der Waals surface area contributed by atoms with Crippen molar-refractivity contribution in [2.24, 2.45) is 0 Å². The summed E-state index contributed by atoms with van der Waals surface area (Å²) in [5.41, 5.74) is 7.11. The van der Waals surface area contributed by atoms with Crippen LogP contribution < -0.4 is 15.8 Å². The van der Waals surface area contributed by atoms with Crippen LogP contribution in [0.2, 0.25) is 0 Å². The largest absolute Gasteiger partial charge is 0.345 e. The quantitative estimate of drug-likeness (QED) is 0.378. The number of carbonyl (C=O) groups excluding carboxylic acids is 2. The summed E-state index contributed by atoms with van der Waals surface area (Å²) in [6, 6.07) is 22.2. The molecule has 0 saturated heterocycles. The van der Waals surface area contributed by atoms with Crippen molar-refractivity contribution in [1.29, 1.82) is 0 Å². The van der Waals surface area contributed by atoms with E-state index < -0.39 is 6.03 Å². The number of benzene rings is 3. The van der Waals surface area contributed by atoms with Gasteiger partial charge in [0.2, 0.25) is 0 Å². The average molecular weight is 487 g/mol. The number of hydrogen-bond donors (Lipinski definition) is 2. The third-order valence-corrected chi connectivity index (χ3v) is 6.11. The van der Waals surface area contributed by atoms with Crippen molar-refractivity contribution in [3.05, 3.63) is 81.9 Å². The first-order valence-corrected chi connectivity index (χ1v) is 10.1. The third-order valence-electron chi connectivity index (χ3n) is 4.04. The van der Waals surface area contributed by atoms with E-state index in [1.54, 1.807) is 28.8 Å². The molecule has 0 radical (unpaired) electrons. The highest BCUT2D eigenvalue weighted by Crippen LogP contribution is 2.47. The lowest BCUT2D eigenvalue weighted by Crippen LogP contribution is -2.48. The molecule has 134 valence electrons. The summed E-state index contributed by atoms with van der Waals surface area (Å²) >= 11 is 3.71. The first-order valence-electron chi connectivity index (χ1n) is 8.16. The zero-order valence-electron chi connectivity index (χ0n) is 14.0. The number of para-hydroxylation sites is 2. The molecule has 27 heavy (non-hydrogen) atoms. The predicted molar refractivity (Wildman–Crippen MR) is 114 cm³/mol. The van der Waals surface area contributed by atoms with Crippen molar-refractivity contribution < 1.29 is 9.59 Å². The SMILES string of the molecule is O=C(NNC(=O)N1c2ccccc2Sc2ccccc21)c1ccccc1I. The third kappa shape index (κ3) is 3.52. The highest BCUT2D eigenvalue weighted by molar-refractivity contribution is 14.1. The molecule has 0 saturated carbocycles. The van der Waals surface area contributed by atoms with Crippen LogP contribution in [0.4, 0.5) is 16.2 Å². The lowest BCUT2D eigenvalue weighted by atomic mass is 10.2. The summed E-state index contributed by atoms with van der Waals surface area (Å²) in [7, 11) is 0. The van der Waals surface area contributed by atoms with Crippen molar-refractivity contribution >= 4 is 57.7 Å². The summed E-state index contributed by atoms with van der Waals surface area (Å²) in [5, 5.41) is 0. The molecular weight excluding hydrogens is 473 g/mol. The van der Waals surface area contributed by atoms with Crippen molar-refractivity contribution in [3.63, 3.8) is 0 Å². The summed E-state index contributed by atoms with van der Waals surface area (Å²) in [5.74, 6) is -0.360. The maximum absolute atomic E-state index is 12.9. The van der Waals surface area contributed by atoms with Crippen LogP contribution >= 0.6 is 34.4 Å². The van der Waals surface area contributed by atoms with E-state index in [-0.39, 0.29) is 5.91 Å². The van der Waals surface area contributed by atoms with Crippen molar-refractivity contribution in [3.8, 4) is 0 Å². The van der Waals surface area contributed by atoms with Gasteiger partial charge in [0, 0.05) is 13.4 Å². The molecule has 0 bridgehead atoms. The Morgan fingerprint density at radius 2 is 1.33 bits per heavy atom. The van der Waals surface area contributed by atoms with E-state index in [0.717, 1.165) is 24.7 Å². The van der Waals surface area contributed by atoms with Gasteiger partial charge in [-0.3, -0.25) is 15.1 Å². The van der Waals surface area contributed by atoms with Gasteiger partial charge in [0.05, 0.1) is 16.9 Å². The van der Waals surface area contributed by atoms with Crippen LogP contribution in [0.25, 0.3) is 0 Å². The molecule has 4 rings (SSSR count). The molecule has 3 aromatic carbocycles. The smallest absolute Gasteiger partial charge is 0.267 e. The number of fused-ring (bicyclic) bond motifs is 2. The molecule has 0 spiro atoms. The first-order chi connectivity index (χ1) is 13.1. The highest BCUT2D eigenvalue weighted by atomic mass is 127. The minimum atomic E-state index is -0.422. The molecule has 0 aliphatic carbocycles. The standard InChI is InChI=1S/C20H14IN3O2S/c21-14-8-2-1-7-13(14)19(25)22-23-20(26)24-15-9-3-5-11-17(15)27-18-12-6-4-10-16(18)24/h1-12H,(H,22,25)(H,23,26). The van der Waals surface area contributed by atoms with Crippen LogP contribution in [0.1, 0.15) is 10.4 Å². The number of anilines is 2. The second kappa shape index (κ2) is 7.61. The second-order valence-corrected chi connectivity index (χ2v) is 7.98. The Balaban J connectivity index is 1.59. The topological polar surface area (TPSA) is 61.4 Å². The van der Waals surface area contributed by atoms with Crippen LogP contribution in [0.15, 0.2) is 82.6 Å². The lowest BCUT2D eigenvalue weighted by Gasteiger charge is -2.30. The summed E-state index contributed by atoms with van der Waals surface area (Å²) in [6.07, 6.45) is 0. The van der Waals surface area contributed by atoms with Crippen LogP contribution in [-0.4, -0.2) is 11.9 Å². The van der Waals surface area contributed by atoms with E-state index in [4.69, 9.17) is 0 Å². The number of nitrogens with one attached hydrogen (secondary N) is 2. The van der Waals surface area contributed by atoms with E-state index in [0.29, 0.717) is 5.56 Å². The Kier molecular flexibility index (Phi) is 5.04. The monoisotopic (exact) mass is 487 g/mol. The van der Waals surface area contributed by atoms with E-state index >= 15 is 0 Å². The minimum absolute atomic E-state index is 0.360. The fourth-order valence-corrected chi connectivity index (χ4v) is 4.49. The van der Waals surface area contributed by atoms with E-state index in [1.165, 1.54) is 0 Å². The molecule has 0 fully saturated rings. The van der Waals surface area contributed by atoms with Gasteiger partial charge in [0.25, 0.3) is 5.91 Å². The van der Waals surface area contributed by atoms with E-state index in [2.05, 4.69) is 33.4 Å². The number of amides is 3. The molecule has 0 atom stereocenters. The molecule has 2 N–H and O–H groups in total. The van der Waals surface area contributed by atoms with Gasteiger partial charge in [-0.25, -0.2) is 10.2 Å². The van der Waals surface area contributed by atoms with Gasteiger partial charge in [-0.05, 0) is 59.0 Å². The van der Waals surface area contributed by atoms with Gasteiger partial charge in [0.15, 0.2) is 0 Å². The minimum Gasteiger partial charge on any atom is -0.267 e. The average Bonchev–Trinajstić information content (AvgIpc) is 2.70. The number of urea groups is 1. The molecule has 0 unspecified atom stereocenters. The Bertz CT molecular complexity index is 995. The summed E-state index contributed by atoms with van der Waals surface area (Å²) < 4.78 is 0.812. The fraction of sp³-hybridized carbons (Fsp3) is 0. The Morgan fingerprint density at radius 3 is 1.96 bits per heavy atom. The summed E-state index contributed by atoms with van der Waals surface area (Å²) in [6.45, 7) is 0. The molecule has 1 aliphatic heterocycles. The zero-order chi connectivity index (χ0) is 18.8. The molecule has 1 heterocycles. The van der Waals surface area contributed by atoms with Crippen LogP contribution in [0.3, 0.4) is 0 Å². The van der Waals surface area contributed by atoms with Crippen LogP contribution in [-0.2, 0) is 0 Å². The Morgan fingerprint density at radius 1 is 0.778 bits per heavy atom. The number of rotatable bonds is 1. The normalized spacial score (nSPS) is 12.0. The Hall–Kier alpha value is -2.52. The molecule has 1 aliphatic rings. The molecule has 3 aromatic rings. The second-order valence-electron chi connectivity index (χ2n) is 5.74. The lowest BCUT2D eigenvalue weighted by molar-refractivity contribution is 0.0936. The van der Waals surface area contributed by atoms with Crippen LogP contribution in [0, 0.1) is 3.57 Å². The van der Waals surface area contributed by atoms with Gasteiger partial charge in [-0.15, -0.1) is 0 Å². The number of halogens is 1. The molecular formula is C20H14IN3O2S. The van der Waals surface area contributed by atoms with Crippen molar-refractivity contribution in [2.75, 3.05) is 4.90 Å². The maximum atomic E-state index is 12.9. The van der Waals surface area contributed by atoms with Gasteiger partial charge in [-0.1, -0.05) is 48.2 Å². The number of hydrogen-bond acceptors (Lipinski definition) is 3. The predicted octanol–water partition coefficient (Wildman–Crippen LogP) is 4.95. The van der Waals surface area contributed by atoms with E-state index in [9.17, 15) is 9.59 Å². The van der Waals surface area contributed by atoms with Crippen molar-refractivity contribution in [2.45, 2.75) is 9.79 Å².